The third-order valence-corrected chi connectivity index (χ3v) is 7.65. The van der Waals surface area contributed by atoms with Crippen molar-refractivity contribution in [3.8, 4) is 0 Å². The van der Waals surface area contributed by atoms with E-state index in [2.05, 4.69) is 4.90 Å². The van der Waals surface area contributed by atoms with E-state index in [1.165, 1.54) is 0 Å². The molecule has 2 aliphatic heterocycles. The molecule has 5 rings (SSSR count). The van der Waals surface area contributed by atoms with Crippen LogP contribution in [0.3, 0.4) is 0 Å². The lowest BCUT2D eigenvalue weighted by molar-refractivity contribution is -0.132. The molecule has 0 saturated carbocycles. The predicted molar refractivity (Wildman–Crippen MR) is 135 cm³/mol. The molecule has 1 aromatic heterocycles. The third kappa shape index (κ3) is 3.72. The third-order valence-electron chi connectivity index (χ3n) is 7.42. The van der Waals surface area contributed by atoms with Crippen molar-refractivity contribution in [2.24, 2.45) is 5.73 Å². The van der Waals surface area contributed by atoms with Gasteiger partial charge in [-0.15, -0.1) is 0 Å². The summed E-state index contributed by atoms with van der Waals surface area (Å²) >= 11 is 6.21. The zero-order valence-electron chi connectivity index (χ0n) is 19.8. The van der Waals surface area contributed by atoms with Gasteiger partial charge in [-0.2, -0.15) is 0 Å². The van der Waals surface area contributed by atoms with Crippen LogP contribution in [0.1, 0.15) is 36.2 Å². The van der Waals surface area contributed by atoms with Crippen LogP contribution in [0.4, 0.5) is 5.69 Å². The van der Waals surface area contributed by atoms with Gasteiger partial charge in [-0.1, -0.05) is 35.9 Å². The number of carbonyl (C=O) groups is 3. The molecular formula is C26H28ClN5O3. The Balaban J connectivity index is 1.44. The second-order valence-electron chi connectivity index (χ2n) is 9.42. The van der Waals surface area contributed by atoms with Gasteiger partial charge in [-0.05, 0) is 44.0 Å². The normalized spacial score (nSPS) is 18.5. The van der Waals surface area contributed by atoms with E-state index in [-0.39, 0.29) is 11.8 Å². The number of rotatable bonds is 4. The second-order valence-corrected chi connectivity index (χ2v) is 9.86. The Labute approximate surface area is 208 Å². The highest BCUT2D eigenvalue weighted by Gasteiger charge is 2.53. The molecule has 2 fully saturated rings. The van der Waals surface area contributed by atoms with Gasteiger partial charge in [0.1, 0.15) is 11.6 Å². The highest BCUT2D eigenvalue weighted by atomic mass is 35.5. The molecule has 35 heavy (non-hydrogen) atoms. The van der Waals surface area contributed by atoms with Gasteiger partial charge >= 0.3 is 0 Å². The largest absolute Gasteiger partial charge is 0.368 e. The minimum Gasteiger partial charge on any atom is -0.368 e. The fourth-order valence-corrected chi connectivity index (χ4v) is 5.57. The van der Waals surface area contributed by atoms with Crippen LogP contribution >= 0.6 is 11.6 Å². The Morgan fingerprint density at radius 3 is 2.43 bits per heavy atom. The average Bonchev–Trinajstić information content (AvgIpc) is 3.35. The lowest BCUT2D eigenvalue weighted by Crippen LogP contribution is -2.57. The smallest absolute Gasteiger partial charge is 0.256 e. The van der Waals surface area contributed by atoms with Crippen LogP contribution in [0.2, 0.25) is 5.02 Å². The number of hydrogen-bond donors (Lipinski definition) is 1. The number of piperidine rings is 1. The molecule has 3 heterocycles. The summed E-state index contributed by atoms with van der Waals surface area (Å²) in [5.41, 5.74) is 7.07. The number of fused-ring (bicyclic) bond motifs is 1. The molecule has 2 aromatic carbocycles. The molecule has 0 radical (unpaired) electrons. The maximum atomic E-state index is 13.7. The summed E-state index contributed by atoms with van der Waals surface area (Å²) in [5.74, 6) is -0.534. The fourth-order valence-electron chi connectivity index (χ4n) is 5.41. The molecule has 1 unspecified atom stereocenters. The molecular weight excluding hydrogens is 466 g/mol. The molecule has 1 atom stereocenters. The molecule has 3 aromatic rings. The number of hydrogen-bond acceptors (Lipinski definition) is 4. The van der Waals surface area contributed by atoms with Crippen molar-refractivity contribution in [1.29, 1.82) is 0 Å². The van der Waals surface area contributed by atoms with Crippen LogP contribution < -0.4 is 10.6 Å². The van der Waals surface area contributed by atoms with Crippen molar-refractivity contribution in [2.45, 2.75) is 31.3 Å². The van der Waals surface area contributed by atoms with Gasteiger partial charge in [0.05, 0.1) is 17.7 Å². The molecule has 1 spiro atoms. The molecule has 9 heteroatoms. The number of amides is 3. The van der Waals surface area contributed by atoms with E-state index in [0.29, 0.717) is 48.7 Å². The first kappa shape index (κ1) is 23.2. The average molecular weight is 494 g/mol. The van der Waals surface area contributed by atoms with E-state index in [4.69, 9.17) is 17.3 Å². The number of nitrogens with two attached hydrogens (primary N) is 1. The second kappa shape index (κ2) is 8.61. The van der Waals surface area contributed by atoms with E-state index < -0.39 is 17.5 Å². The summed E-state index contributed by atoms with van der Waals surface area (Å²) in [6.07, 6.45) is 2.77. The van der Waals surface area contributed by atoms with Crippen molar-refractivity contribution in [3.05, 3.63) is 65.3 Å². The van der Waals surface area contributed by atoms with E-state index in [9.17, 15) is 14.4 Å². The van der Waals surface area contributed by atoms with E-state index in [1.54, 1.807) is 45.7 Å². The Morgan fingerprint density at radius 1 is 1.09 bits per heavy atom. The number of nitrogens with zero attached hydrogens (tertiary/aromatic N) is 4. The van der Waals surface area contributed by atoms with Gasteiger partial charge in [0.25, 0.3) is 5.91 Å². The molecule has 182 valence electrons. The zero-order chi connectivity index (χ0) is 24.9. The topological polar surface area (TPSA) is 91.9 Å². The zero-order valence-corrected chi connectivity index (χ0v) is 20.5. The lowest BCUT2D eigenvalue weighted by Gasteiger charge is -2.43. The minimum atomic E-state index is -0.658. The molecule has 3 amide bonds. The summed E-state index contributed by atoms with van der Waals surface area (Å²) < 4.78 is 1.70. The van der Waals surface area contributed by atoms with E-state index >= 15 is 0 Å². The number of aromatic nitrogens is 1. The minimum absolute atomic E-state index is 0.0926. The number of primary amides is 1. The van der Waals surface area contributed by atoms with Gasteiger partial charge < -0.3 is 25.0 Å². The number of halogens is 1. The standard InChI is InChI=1S/C26H28ClN5O3/c1-17(23(28)33)31-15-21(20-9-8-18(27)14-22(20)31)24(34)30-12-10-26(11-13-30)25(35)29(2)16-32(26)19-6-4-3-5-7-19/h3-9,14-15,17H,10-13,16H2,1-2H3,(H2,28,33). The predicted octanol–water partition coefficient (Wildman–Crippen LogP) is 3.25. The Morgan fingerprint density at radius 2 is 1.77 bits per heavy atom. The van der Waals surface area contributed by atoms with Gasteiger partial charge in [-0.3, -0.25) is 14.4 Å². The highest BCUT2D eigenvalue weighted by molar-refractivity contribution is 6.31. The van der Waals surface area contributed by atoms with Crippen molar-refractivity contribution < 1.29 is 14.4 Å². The van der Waals surface area contributed by atoms with Crippen LogP contribution in [-0.2, 0) is 9.59 Å². The summed E-state index contributed by atoms with van der Waals surface area (Å²) in [6.45, 7) is 3.12. The summed E-state index contributed by atoms with van der Waals surface area (Å²) in [7, 11) is 1.82. The molecule has 8 nitrogen and oxygen atoms in total. The van der Waals surface area contributed by atoms with Crippen LogP contribution in [0.5, 0.6) is 0 Å². The van der Waals surface area contributed by atoms with Crippen molar-refractivity contribution >= 4 is 45.9 Å². The Kier molecular flexibility index (Phi) is 5.71. The summed E-state index contributed by atoms with van der Waals surface area (Å²) in [6, 6.07) is 14.6. The van der Waals surface area contributed by atoms with Crippen molar-refractivity contribution in [2.75, 3.05) is 31.7 Å². The lowest BCUT2D eigenvalue weighted by atomic mass is 9.85. The van der Waals surface area contributed by atoms with Crippen LogP contribution in [0.25, 0.3) is 10.9 Å². The van der Waals surface area contributed by atoms with Gasteiger partial charge in [0.2, 0.25) is 11.8 Å². The quantitative estimate of drug-likeness (QED) is 0.604. The fraction of sp³-hybridized carbons (Fsp3) is 0.346. The van der Waals surface area contributed by atoms with E-state index in [1.807, 2.05) is 37.4 Å². The first-order valence-electron chi connectivity index (χ1n) is 11.7. The monoisotopic (exact) mass is 493 g/mol. The SMILES string of the molecule is CC(C(N)=O)n1cc(C(=O)N2CCC3(CC2)C(=O)N(C)CN3c2ccccc2)c2ccc(Cl)cc21. The number of para-hydroxylation sites is 1. The van der Waals surface area contributed by atoms with Crippen molar-refractivity contribution in [3.63, 3.8) is 0 Å². The van der Waals surface area contributed by atoms with Crippen LogP contribution in [0.15, 0.2) is 54.7 Å². The number of benzene rings is 2. The van der Waals surface area contributed by atoms with Gasteiger partial charge in [0, 0.05) is 42.4 Å². The first-order chi connectivity index (χ1) is 16.7. The molecule has 0 bridgehead atoms. The Bertz CT molecular complexity index is 1310. The number of carbonyl (C=O) groups excluding carboxylic acids is 3. The molecule has 2 saturated heterocycles. The number of likely N-dealkylation sites (tertiary alicyclic amines) is 1. The summed E-state index contributed by atoms with van der Waals surface area (Å²) in [4.78, 5) is 44.5. The van der Waals surface area contributed by atoms with Crippen molar-refractivity contribution in [1.82, 2.24) is 14.4 Å². The first-order valence-corrected chi connectivity index (χ1v) is 12.1. The number of anilines is 1. The van der Waals surface area contributed by atoms with Crippen LogP contribution in [-0.4, -0.2) is 64.4 Å². The Hall–Kier alpha value is -3.52. The highest BCUT2D eigenvalue weighted by Crippen LogP contribution is 2.39. The maximum Gasteiger partial charge on any atom is 0.256 e. The summed E-state index contributed by atoms with van der Waals surface area (Å²) in [5, 5.41) is 1.23. The van der Waals surface area contributed by atoms with Crippen LogP contribution in [0, 0.1) is 0 Å². The molecule has 2 aliphatic rings. The molecule has 0 aliphatic carbocycles. The molecule has 2 N–H and O–H groups in total. The van der Waals surface area contributed by atoms with Gasteiger partial charge in [-0.25, -0.2) is 0 Å². The van der Waals surface area contributed by atoms with Gasteiger partial charge in [0.15, 0.2) is 0 Å². The number of likely N-dealkylation sites (N-methyl/N-ethyl adjacent to an activating group) is 1. The van der Waals surface area contributed by atoms with E-state index in [0.717, 1.165) is 11.1 Å². The maximum absolute atomic E-state index is 13.7.